The number of thioether (sulfide) groups is 1. The highest BCUT2D eigenvalue weighted by molar-refractivity contribution is 8.00. The van der Waals surface area contributed by atoms with E-state index in [2.05, 4.69) is 10.4 Å². The second kappa shape index (κ2) is 7.67. The van der Waals surface area contributed by atoms with Gasteiger partial charge in [0.1, 0.15) is 11.1 Å². The first kappa shape index (κ1) is 17.4. The van der Waals surface area contributed by atoms with Gasteiger partial charge in [0.05, 0.1) is 17.3 Å². The molecule has 1 atom stereocenters. The number of thiocarbonyl (C=S) groups is 1. The summed E-state index contributed by atoms with van der Waals surface area (Å²) in [4.78, 5) is 12.2. The van der Waals surface area contributed by atoms with Crippen LogP contribution < -0.4 is 5.32 Å². The Kier molecular flexibility index (Phi) is 5.57. The Morgan fingerprint density at radius 1 is 1.54 bits per heavy atom. The Labute approximate surface area is 153 Å². The SMILES string of the molecule is O=C1OCCC1Sc1cc(NC(=S)N2CCCC=N2)c(F)cc1Cl. The molecule has 1 saturated heterocycles. The number of nitrogens with zero attached hydrogens (tertiary/aromatic N) is 2. The number of anilines is 1. The average Bonchev–Trinajstić information content (AvgIpc) is 2.97. The highest BCUT2D eigenvalue weighted by atomic mass is 35.5. The molecular formula is C15H15ClFN3O2S2. The van der Waals surface area contributed by atoms with Crippen LogP contribution in [0.15, 0.2) is 22.1 Å². The molecule has 3 rings (SSSR count). The molecule has 2 aliphatic heterocycles. The van der Waals surface area contributed by atoms with Crippen LogP contribution in [0.2, 0.25) is 5.02 Å². The quantitative estimate of drug-likeness (QED) is 0.631. The lowest BCUT2D eigenvalue weighted by Gasteiger charge is -2.23. The second-order valence-corrected chi connectivity index (χ2v) is 7.36. The van der Waals surface area contributed by atoms with Gasteiger partial charge in [0, 0.05) is 24.1 Å². The van der Waals surface area contributed by atoms with Crippen LogP contribution in [-0.2, 0) is 9.53 Å². The van der Waals surface area contributed by atoms with Gasteiger partial charge in [-0.1, -0.05) is 11.6 Å². The molecule has 0 radical (unpaired) electrons. The van der Waals surface area contributed by atoms with Crippen LogP contribution in [0.5, 0.6) is 0 Å². The fourth-order valence-electron chi connectivity index (χ4n) is 2.33. The molecule has 9 heteroatoms. The molecule has 1 N–H and O–H groups in total. The normalized spacial score (nSPS) is 20.2. The minimum absolute atomic E-state index is 0.207. The lowest BCUT2D eigenvalue weighted by molar-refractivity contribution is -0.137. The Morgan fingerprint density at radius 2 is 2.38 bits per heavy atom. The zero-order valence-corrected chi connectivity index (χ0v) is 15.0. The number of benzene rings is 1. The molecule has 1 aromatic carbocycles. The van der Waals surface area contributed by atoms with Crippen LogP contribution >= 0.6 is 35.6 Å². The van der Waals surface area contributed by atoms with E-state index in [0.717, 1.165) is 12.8 Å². The maximum Gasteiger partial charge on any atom is 0.319 e. The summed E-state index contributed by atoms with van der Waals surface area (Å²) in [5.74, 6) is -0.783. The number of carbonyl (C=O) groups is 1. The maximum absolute atomic E-state index is 14.2. The van der Waals surface area contributed by atoms with Gasteiger partial charge in [0.25, 0.3) is 0 Å². The van der Waals surface area contributed by atoms with Crippen molar-refractivity contribution in [1.29, 1.82) is 0 Å². The van der Waals surface area contributed by atoms with Crippen molar-refractivity contribution in [1.82, 2.24) is 5.01 Å². The van der Waals surface area contributed by atoms with Gasteiger partial charge in [0.2, 0.25) is 0 Å². The van der Waals surface area contributed by atoms with Crippen LogP contribution in [0.25, 0.3) is 0 Å². The molecule has 2 heterocycles. The number of nitrogens with one attached hydrogen (secondary N) is 1. The van der Waals surface area contributed by atoms with Gasteiger partial charge in [-0.05, 0) is 37.2 Å². The Bertz CT molecular complexity index is 702. The van der Waals surface area contributed by atoms with Crippen molar-refractivity contribution in [2.75, 3.05) is 18.5 Å². The molecule has 2 aliphatic rings. The fourth-order valence-corrected chi connectivity index (χ4v) is 3.91. The molecular weight excluding hydrogens is 373 g/mol. The van der Waals surface area contributed by atoms with Crippen molar-refractivity contribution in [3.63, 3.8) is 0 Å². The summed E-state index contributed by atoms with van der Waals surface area (Å²) in [7, 11) is 0. The summed E-state index contributed by atoms with van der Waals surface area (Å²) in [6, 6.07) is 2.78. The van der Waals surface area contributed by atoms with Gasteiger partial charge in [0.15, 0.2) is 5.11 Å². The van der Waals surface area contributed by atoms with Crippen LogP contribution in [0.1, 0.15) is 19.3 Å². The molecule has 0 spiro atoms. The molecule has 1 fully saturated rings. The second-order valence-electron chi connectivity index (χ2n) is 5.32. The largest absolute Gasteiger partial charge is 0.465 e. The van der Waals surface area contributed by atoms with Gasteiger partial charge in [-0.25, -0.2) is 9.40 Å². The minimum Gasteiger partial charge on any atom is -0.465 e. The molecule has 0 bridgehead atoms. The van der Waals surface area contributed by atoms with Gasteiger partial charge in [-0.15, -0.1) is 11.8 Å². The van der Waals surface area contributed by atoms with E-state index in [4.69, 9.17) is 28.6 Å². The van der Waals surface area contributed by atoms with E-state index in [1.54, 1.807) is 17.3 Å². The van der Waals surface area contributed by atoms with E-state index < -0.39 is 5.82 Å². The van der Waals surface area contributed by atoms with E-state index in [0.29, 0.717) is 29.6 Å². The lowest BCUT2D eigenvalue weighted by Crippen LogP contribution is -2.33. The molecule has 128 valence electrons. The first-order chi connectivity index (χ1) is 11.5. The molecule has 24 heavy (non-hydrogen) atoms. The average molecular weight is 388 g/mol. The number of hydrogen-bond donors (Lipinski definition) is 1. The summed E-state index contributed by atoms with van der Waals surface area (Å²) in [6.45, 7) is 1.09. The number of hydrazone groups is 1. The number of carbonyl (C=O) groups excluding carboxylic acids is 1. The third-order valence-corrected chi connectivity index (χ3v) is 5.62. The molecule has 5 nitrogen and oxygen atoms in total. The fraction of sp³-hybridized carbons (Fsp3) is 0.400. The van der Waals surface area contributed by atoms with Crippen LogP contribution in [0.4, 0.5) is 10.1 Å². The van der Waals surface area contributed by atoms with Gasteiger partial charge in [-0.3, -0.25) is 4.79 Å². The first-order valence-electron chi connectivity index (χ1n) is 7.48. The highest BCUT2D eigenvalue weighted by Gasteiger charge is 2.28. The molecule has 0 aliphatic carbocycles. The Morgan fingerprint density at radius 3 is 3.04 bits per heavy atom. The lowest BCUT2D eigenvalue weighted by atomic mass is 10.3. The zero-order valence-electron chi connectivity index (χ0n) is 12.6. The van der Waals surface area contributed by atoms with Crippen molar-refractivity contribution in [2.45, 2.75) is 29.4 Å². The molecule has 0 aromatic heterocycles. The highest BCUT2D eigenvalue weighted by Crippen LogP contribution is 2.37. The van der Waals surface area contributed by atoms with E-state index in [-0.39, 0.29) is 21.9 Å². The van der Waals surface area contributed by atoms with Crippen molar-refractivity contribution in [3.05, 3.63) is 23.0 Å². The zero-order chi connectivity index (χ0) is 17.1. The van der Waals surface area contributed by atoms with Crippen molar-refractivity contribution in [3.8, 4) is 0 Å². The van der Waals surface area contributed by atoms with Gasteiger partial charge in [-0.2, -0.15) is 5.10 Å². The molecule has 0 amide bonds. The molecule has 1 unspecified atom stereocenters. The van der Waals surface area contributed by atoms with E-state index in [1.165, 1.54) is 17.8 Å². The number of hydrogen-bond acceptors (Lipinski definition) is 5. The first-order valence-corrected chi connectivity index (χ1v) is 9.14. The van der Waals surface area contributed by atoms with Gasteiger partial charge < -0.3 is 10.1 Å². The summed E-state index contributed by atoms with van der Waals surface area (Å²) >= 11 is 12.7. The van der Waals surface area contributed by atoms with E-state index >= 15 is 0 Å². The van der Waals surface area contributed by atoms with Crippen molar-refractivity contribution < 1.29 is 13.9 Å². The number of esters is 1. The summed E-state index contributed by atoms with van der Waals surface area (Å²) < 4.78 is 19.1. The summed E-state index contributed by atoms with van der Waals surface area (Å²) in [5, 5.41) is 8.92. The van der Waals surface area contributed by atoms with Crippen molar-refractivity contribution in [2.24, 2.45) is 5.10 Å². The van der Waals surface area contributed by atoms with Crippen LogP contribution in [-0.4, -0.2) is 40.7 Å². The van der Waals surface area contributed by atoms with Crippen molar-refractivity contribution >= 4 is 58.6 Å². The molecule has 1 aromatic rings. The smallest absolute Gasteiger partial charge is 0.319 e. The van der Waals surface area contributed by atoms with Crippen LogP contribution in [0, 0.1) is 5.82 Å². The summed E-state index contributed by atoms with van der Waals surface area (Å²) in [5.41, 5.74) is 0.207. The third-order valence-electron chi connectivity index (χ3n) is 3.58. The number of cyclic esters (lactones) is 1. The molecule has 0 saturated carbocycles. The van der Waals surface area contributed by atoms with Crippen LogP contribution in [0.3, 0.4) is 0 Å². The Balaban J connectivity index is 1.76. The number of halogens is 2. The number of ether oxygens (including phenoxy) is 1. The maximum atomic E-state index is 14.2. The Hall–Kier alpha value is -1.38. The monoisotopic (exact) mass is 387 g/mol. The predicted octanol–water partition coefficient (Wildman–Crippen LogP) is 3.67. The topological polar surface area (TPSA) is 53.9 Å². The third kappa shape index (κ3) is 3.99. The van der Waals surface area contributed by atoms with E-state index in [9.17, 15) is 9.18 Å². The predicted molar refractivity (Wildman–Crippen MR) is 97.3 cm³/mol. The standard InChI is InChI=1S/C15H15ClFN3O2S2/c16-9-7-10(17)11(19-15(23)20-5-2-1-4-18-20)8-13(9)24-12-3-6-22-14(12)21/h4,7-8,12H,1-3,5-6H2,(H,19,23). The number of rotatable bonds is 3. The van der Waals surface area contributed by atoms with E-state index in [1.807, 2.05) is 0 Å². The summed E-state index contributed by atoms with van der Waals surface area (Å²) in [6.07, 6.45) is 4.25. The van der Waals surface area contributed by atoms with Gasteiger partial charge >= 0.3 is 5.97 Å². The minimum atomic E-state index is -0.512.